The standard InChI is InChI=1S/C67H86N2O15/c1-9-10-11-12-13-14-15-16-17-18-19-20-21-22-23-33-40-69(8)63(77)82-56(54(47-34-27-24-28-35-47)68-60(74)48-36-29-25-30-37-48)62(76)81-50-42-67(78)59(83-61(75)49-38-31-26-32-39-49)57-65(7,51(72)41-52-66(57,43-79-52)84-46(4)71)58(73)55(80-45(3)70)53(44(50)2)64(67,5)6/h13-14,16-17,24-32,34-39,50-52,54-57,59,72,78H,9-12,15,18-23,33,40-43H2,1-8H3,(H,68,74)/t50-,51-,52+,54-,55+,56+,57-,59-,65+,66-,67+/m0/s1. The molecule has 2 saturated carbocycles. The number of carbonyl (C=O) groups excluding carboxylic acids is 7. The van der Waals surface area contributed by atoms with Crippen LogP contribution < -0.4 is 5.32 Å². The maximum atomic E-state index is 15.9. The van der Waals surface area contributed by atoms with Crippen molar-refractivity contribution in [1.29, 1.82) is 0 Å². The van der Waals surface area contributed by atoms with E-state index in [9.17, 15) is 34.2 Å². The average molecular weight is 1160 g/mol. The fourth-order valence-corrected chi connectivity index (χ4v) is 12.9. The molecule has 3 aliphatic carbocycles. The number of hydrogen-bond donors (Lipinski definition) is 3. The minimum atomic E-state index is -2.46. The first-order valence-electron chi connectivity index (χ1n) is 29.9. The number of hydrogen-bond acceptors (Lipinski definition) is 15. The molecule has 1 aliphatic heterocycles. The van der Waals surface area contributed by atoms with Crippen LogP contribution >= 0.6 is 0 Å². The van der Waals surface area contributed by atoms with E-state index < -0.39 is 119 Å². The molecule has 3 aromatic carbocycles. The number of carbonyl (C=O) groups is 7. The number of nitrogens with one attached hydrogen (secondary N) is 1. The summed E-state index contributed by atoms with van der Waals surface area (Å²) in [4.78, 5) is 103. The van der Waals surface area contributed by atoms with Gasteiger partial charge < -0.3 is 48.9 Å². The molecule has 11 atom stereocenters. The number of ether oxygens (including phenoxy) is 6. The van der Waals surface area contributed by atoms with Crippen LogP contribution in [0.1, 0.15) is 171 Å². The summed E-state index contributed by atoms with van der Waals surface area (Å²) in [5, 5.41) is 29.3. The van der Waals surface area contributed by atoms with E-state index >= 15 is 9.59 Å². The van der Waals surface area contributed by atoms with E-state index in [1.165, 1.54) is 43.2 Å². The largest absolute Gasteiger partial charge is 0.455 e. The number of Topliss-reactive ketones (excluding diaryl/α,β-unsaturated/α-hetero) is 1. The van der Waals surface area contributed by atoms with Gasteiger partial charge in [0.2, 0.25) is 6.10 Å². The van der Waals surface area contributed by atoms with E-state index in [-0.39, 0.29) is 41.8 Å². The molecule has 0 unspecified atom stereocenters. The Morgan fingerprint density at radius 2 is 1.35 bits per heavy atom. The SMILES string of the molecule is CCCCCC=CCC=CCCCCCCCCN(C)C(=O)O[C@@H](C(=O)O[C@H]1C[C@@]2(O)[C@@H](OC(=O)c3ccccc3)[C@@H]3[C@]4(OC(C)=O)CO[C@@H]4C[C@H](O)[C@@]3(C)C(=O)[C@H](OC(C)=O)C(=C1C)C2(C)C)[C@@H](NC(=O)c1ccccc1)c1ccccc1. The Morgan fingerprint density at radius 1 is 0.762 bits per heavy atom. The van der Waals surface area contributed by atoms with Crippen molar-refractivity contribution < 1.29 is 72.2 Å². The lowest BCUT2D eigenvalue weighted by atomic mass is 9.44. The highest BCUT2D eigenvalue weighted by Gasteiger charge is 2.78. The summed E-state index contributed by atoms with van der Waals surface area (Å²) >= 11 is 0. The lowest BCUT2D eigenvalue weighted by Crippen LogP contribution is -2.82. The number of benzene rings is 3. The number of esters is 4. The number of aliphatic hydroxyl groups excluding tert-OH is 1. The van der Waals surface area contributed by atoms with Crippen LogP contribution in [0.5, 0.6) is 0 Å². The van der Waals surface area contributed by atoms with Crippen molar-refractivity contribution in [1.82, 2.24) is 10.2 Å². The summed E-state index contributed by atoms with van der Waals surface area (Å²) in [6, 6.07) is 23.2. The number of amides is 2. The number of aliphatic hydroxyl groups is 2. The van der Waals surface area contributed by atoms with E-state index in [4.69, 9.17) is 28.4 Å². The van der Waals surface area contributed by atoms with Crippen LogP contribution in [-0.2, 0) is 47.6 Å². The van der Waals surface area contributed by atoms with Gasteiger partial charge in [-0.25, -0.2) is 14.4 Å². The third kappa shape index (κ3) is 14.2. The summed E-state index contributed by atoms with van der Waals surface area (Å²) in [6.07, 6.45) is 9.83. The lowest BCUT2D eigenvalue weighted by Gasteiger charge is -2.67. The van der Waals surface area contributed by atoms with Crippen LogP contribution in [0.25, 0.3) is 0 Å². The summed E-state index contributed by atoms with van der Waals surface area (Å²) in [5.41, 5.74) is -7.29. The van der Waals surface area contributed by atoms with Gasteiger partial charge in [-0.2, -0.15) is 0 Å². The zero-order chi connectivity index (χ0) is 60.8. The second kappa shape index (κ2) is 28.8. The molecule has 1 heterocycles. The monoisotopic (exact) mass is 1160 g/mol. The molecule has 1 saturated heterocycles. The number of nitrogens with zero attached hydrogens (tertiary/aromatic N) is 1. The Bertz CT molecular complexity index is 2870. The minimum Gasteiger partial charge on any atom is -0.455 e. The van der Waals surface area contributed by atoms with Gasteiger partial charge in [-0.1, -0.05) is 150 Å². The number of ketones is 1. The number of rotatable bonds is 26. The van der Waals surface area contributed by atoms with Crippen molar-refractivity contribution in [3.05, 3.63) is 143 Å². The quantitative estimate of drug-likeness (QED) is 0.0294. The second-order valence-electron chi connectivity index (χ2n) is 23.7. The Hall–Kier alpha value is -6.95. The third-order valence-electron chi connectivity index (χ3n) is 17.7. The van der Waals surface area contributed by atoms with Crippen LogP contribution in [0.3, 0.4) is 0 Å². The fraction of sp³-hybridized carbons (Fsp3) is 0.537. The van der Waals surface area contributed by atoms with Crippen molar-refractivity contribution in [3.8, 4) is 0 Å². The average Bonchev–Trinajstić information content (AvgIpc) is 1.24. The summed E-state index contributed by atoms with van der Waals surface area (Å²) < 4.78 is 37.4. The van der Waals surface area contributed by atoms with Gasteiger partial charge in [-0.3, -0.25) is 19.2 Å². The highest BCUT2D eigenvalue weighted by molar-refractivity contribution is 5.96. The van der Waals surface area contributed by atoms with Crippen molar-refractivity contribution >= 4 is 41.7 Å². The molecular weight excluding hydrogens is 1070 g/mol. The molecule has 84 heavy (non-hydrogen) atoms. The van der Waals surface area contributed by atoms with Crippen LogP contribution in [-0.4, -0.2) is 125 Å². The molecule has 4 aliphatic rings. The van der Waals surface area contributed by atoms with E-state index in [0.717, 1.165) is 65.2 Å². The highest BCUT2D eigenvalue weighted by atomic mass is 16.6. The summed E-state index contributed by atoms with van der Waals surface area (Å²) in [6.45, 7) is 10.5. The molecule has 3 N–H and O–H groups in total. The van der Waals surface area contributed by atoms with E-state index in [2.05, 4.69) is 36.5 Å². The van der Waals surface area contributed by atoms with Crippen molar-refractivity contribution in [2.45, 2.75) is 192 Å². The van der Waals surface area contributed by atoms with Gasteiger partial charge in [0.25, 0.3) is 5.91 Å². The molecule has 3 aromatic rings. The normalized spacial score (nSPS) is 26.7. The Kier molecular flexibility index (Phi) is 22.1. The van der Waals surface area contributed by atoms with E-state index in [1.54, 1.807) is 107 Å². The Balaban J connectivity index is 1.22. The van der Waals surface area contributed by atoms with Crippen molar-refractivity contribution in [3.63, 3.8) is 0 Å². The first-order chi connectivity index (χ1) is 40.1. The second-order valence-corrected chi connectivity index (χ2v) is 23.7. The maximum absolute atomic E-state index is 15.9. The summed E-state index contributed by atoms with van der Waals surface area (Å²) in [5.74, 6) is -6.89. The van der Waals surface area contributed by atoms with Gasteiger partial charge in [0.15, 0.2) is 17.5 Å². The van der Waals surface area contributed by atoms with E-state index in [1.807, 2.05) is 0 Å². The number of fused-ring (bicyclic) bond motifs is 5. The zero-order valence-electron chi connectivity index (χ0n) is 50.1. The summed E-state index contributed by atoms with van der Waals surface area (Å²) in [7, 11) is 1.55. The molecule has 17 nitrogen and oxygen atoms in total. The molecule has 2 amide bonds. The molecule has 0 spiro atoms. The van der Waals surface area contributed by atoms with Gasteiger partial charge in [0.1, 0.15) is 30.0 Å². The van der Waals surface area contributed by atoms with Crippen molar-refractivity contribution in [2.24, 2.45) is 16.7 Å². The molecule has 7 rings (SSSR count). The molecule has 3 fully saturated rings. The van der Waals surface area contributed by atoms with Gasteiger partial charge in [0.05, 0.1) is 29.6 Å². The van der Waals surface area contributed by atoms with Crippen LogP contribution in [0.15, 0.2) is 126 Å². The molecule has 0 radical (unpaired) electrons. The number of allylic oxidation sites excluding steroid dienone is 4. The maximum Gasteiger partial charge on any atom is 0.410 e. The smallest absolute Gasteiger partial charge is 0.410 e. The molecule has 2 bridgehead atoms. The first-order valence-corrected chi connectivity index (χ1v) is 29.9. The Labute approximate surface area is 494 Å². The molecule has 0 aromatic heterocycles. The van der Waals surface area contributed by atoms with E-state index in [0.29, 0.717) is 12.0 Å². The first kappa shape index (κ1) is 64.6. The fourth-order valence-electron chi connectivity index (χ4n) is 12.9. The number of unbranched alkanes of at least 4 members (excludes halogenated alkanes) is 9. The third-order valence-corrected chi connectivity index (χ3v) is 17.7. The van der Waals surface area contributed by atoms with Crippen molar-refractivity contribution in [2.75, 3.05) is 20.2 Å². The lowest BCUT2D eigenvalue weighted by molar-refractivity contribution is -0.346. The van der Waals surface area contributed by atoms with Crippen LogP contribution in [0, 0.1) is 16.7 Å². The van der Waals surface area contributed by atoms with Crippen LogP contribution in [0.2, 0.25) is 0 Å². The zero-order valence-corrected chi connectivity index (χ0v) is 50.1. The minimum absolute atomic E-state index is 0.0195. The molecule has 454 valence electrons. The predicted molar refractivity (Wildman–Crippen MR) is 314 cm³/mol. The topological polar surface area (TPSA) is 231 Å². The highest BCUT2D eigenvalue weighted by Crippen LogP contribution is 2.64. The van der Waals surface area contributed by atoms with Crippen LogP contribution in [0.4, 0.5) is 4.79 Å². The van der Waals surface area contributed by atoms with Gasteiger partial charge >= 0.3 is 30.0 Å². The van der Waals surface area contributed by atoms with Gasteiger partial charge in [0, 0.05) is 51.3 Å². The molecule has 17 heteroatoms. The predicted octanol–water partition coefficient (Wildman–Crippen LogP) is 10.6. The van der Waals surface area contributed by atoms with Gasteiger partial charge in [-0.05, 0) is 93.3 Å². The Morgan fingerprint density at radius 3 is 1.93 bits per heavy atom. The van der Waals surface area contributed by atoms with Gasteiger partial charge in [-0.15, -0.1) is 0 Å². The molecular formula is C67H86N2O15.